The average molecular weight is 317 g/mol. The molecule has 1 heterocycles. The standard InChI is InChI=1S/C18H23NO4/c1-4-22-17(20)16(18(21)23-5-2)15-10-7-11-19(15)14-9-6-8-13(3)12-14/h6,8-9,12H,4-5,7,10-11H2,1-3H3. The molecule has 0 aliphatic carbocycles. The Morgan fingerprint density at radius 2 is 1.78 bits per heavy atom. The number of esters is 2. The highest BCUT2D eigenvalue weighted by Crippen LogP contribution is 2.31. The van der Waals surface area contributed by atoms with Crippen molar-refractivity contribution < 1.29 is 19.1 Å². The second-order valence-electron chi connectivity index (χ2n) is 5.36. The molecule has 1 aromatic rings. The van der Waals surface area contributed by atoms with Crippen molar-refractivity contribution in [3.63, 3.8) is 0 Å². The van der Waals surface area contributed by atoms with Gasteiger partial charge in [0, 0.05) is 17.9 Å². The maximum absolute atomic E-state index is 12.3. The van der Waals surface area contributed by atoms with E-state index in [9.17, 15) is 9.59 Å². The molecule has 23 heavy (non-hydrogen) atoms. The normalized spacial score (nSPS) is 13.9. The maximum Gasteiger partial charge on any atom is 0.347 e. The summed E-state index contributed by atoms with van der Waals surface area (Å²) < 4.78 is 10.1. The largest absolute Gasteiger partial charge is 0.462 e. The highest BCUT2D eigenvalue weighted by atomic mass is 16.6. The number of ether oxygens (including phenoxy) is 2. The number of aryl methyl sites for hydroxylation is 1. The Labute approximate surface area is 136 Å². The summed E-state index contributed by atoms with van der Waals surface area (Å²) in [5.41, 5.74) is 2.81. The maximum atomic E-state index is 12.3. The fraction of sp³-hybridized carbons (Fsp3) is 0.444. The number of carbonyl (C=O) groups is 2. The molecule has 2 rings (SSSR count). The van der Waals surface area contributed by atoms with E-state index in [1.165, 1.54) is 0 Å². The Kier molecular flexibility index (Phi) is 5.79. The fourth-order valence-corrected chi connectivity index (χ4v) is 2.74. The zero-order chi connectivity index (χ0) is 16.8. The molecule has 0 atom stereocenters. The van der Waals surface area contributed by atoms with Gasteiger partial charge in [-0.2, -0.15) is 0 Å². The van der Waals surface area contributed by atoms with E-state index in [0.717, 1.165) is 24.2 Å². The Hall–Kier alpha value is -2.30. The minimum atomic E-state index is -0.611. The van der Waals surface area contributed by atoms with Gasteiger partial charge in [-0.3, -0.25) is 0 Å². The van der Waals surface area contributed by atoms with Crippen LogP contribution < -0.4 is 4.90 Å². The van der Waals surface area contributed by atoms with Crippen molar-refractivity contribution in [1.82, 2.24) is 0 Å². The number of benzene rings is 1. The van der Waals surface area contributed by atoms with E-state index in [2.05, 4.69) is 0 Å². The summed E-state index contributed by atoms with van der Waals surface area (Å²) >= 11 is 0. The van der Waals surface area contributed by atoms with Crippen LogP contribution in [-0.4, -0.2) is 31.7 Å². The zero-order valence-corrected chi connectivity index (χ0v) is 13.9. The molecular weight excluding hydrogens is 294 g/mol. The van der Waals surface area contributed by atoms with Crippen LogP contribution in [0.4, 0.5) is 5.69 Å². The molecule has 0 bridgehead atoms. The van der Waals surface area contributed by atoms with Gasteiger partial charge in [-0.1, -0.05) is 12.1 Å². The van der Waals surface area contributed by atoms with Gasteiger partial charge in [0.2, 0.25) is 0 Å². The Balaban J connectivity index is 2.45. The van der Waals surface area contributed by atoms with Crippen LogP contribution in [0.15, 0.2) is 35.5 Å². The highest BCUT2D eigenvalue weighted by molar-refractivity contribution is 6.15. The van der Waals surface area contributed by atoms with Crippen molar-refractivity contribution in [3.05, 3.63) is 41.1 Å². The molecule has 124 valence electrons. The highest BCUT2D eigenvalue weighted by Gasteiger charge is 2.32. The van der Waals surface area contributed by atoms with Gasteiger partial charge in [0.25, 0.3) is 0 Å². The first-order chi connectivity index (χ1) is 11.1. The van der Waals surface area contributed by atoms with Gasteiger partial charge in [-0.15, -0.1) is 0 Å². The lowest BCUT2D eigenvalue weighted by Gasteiger charge is -2.22. The summed E-state index contributed by atoms with van der Waals surface area (Å²) in [5.74, 6) is -1.22. The lowest BCUT2D eigenvalue weighted by molar-refractivity contribution is -0.146. The quantitative estimate of drug-likeness (QED) is 0.362. The van der Waals surface area contributed by atoms with E-state index in [1.807, 2.05) is 36.1 Å². The van der Waals surface area contributed by atoms with Crippen molar-refractivity contribution in [2.45, 2.75) is 33.6 Å². The van der Waals surface area contributed by atoms with Crippen molar-refractivity contribution in [2.75, 3.05) is 24.7 Å². The lowest BCUT2D eigenvalue weighted by atomic mass is 10.1. The molecule has 5 heteroatoms. The lowest BCUT2D eigenvalue weighted by Crippen LogP contribution is -2.26. The minimum absolute atomic E-state index is 0.0210. The predicted octanol–water partition coefficient (Wildman–Crippen LogP) is 2.98. The third kappa shape index (κ3) is 3.92. The molecule has 1 aromatic carbocycles. The summed E-state index contributed by atoms with van der Waals surface area (Å²) in [5, 5.41) is 0. The first-order valence-corrected chi connectivity index (χ1v) is 8.00. The van der Waals surface area contributed by atoms with Crippen molar-refractivity contribution >= 4 is 17.6 Å². The first kappa shape index (κ1) is 17.1. The van der Waals surface area contributed by atoms with E-state index in [-0.39, 0.29) is 18.8 Å². The Morgan fingerprint density at radius 1 is 1.13 bits per heavy atom. The van der Waals surface area contributed by atoms with Gasteiger partial charge in [0.15, 0.2) is 5.57 Å². The van der Waals surface area contributed by atoms with Crippen LogP contribution in [0.1, 0.15) is 32.3 Å². The first-order valence-electron chi connectivity index (χ1n) is 8.00. The van der Waals surface area contributed by atoms with Crippen LogP contribution >= 0.6 is 0 Å². The molecule has 0 unspecified atom stereocenters. The monoisotopic (exact) mass is 317 g/mol. The van der Waals surface area contributed by atoms with Crippen molar-refractivity contribution in [1.29, 1.82) is 0 Å². The van der Waals surface area contributed by atoms with E-state index in [1.54, 1.807) is 13.8 Å². The molecule has 0 N–H and O–H groups in total. The molecular formula is C18H23NO4. The van der Waals surface area contributed by atoms with Gasteiger partial charge >= 0.3 is 11.9 Å². The molecule has 1 saturated heterocycles. The number of carbonyl (C=O) groups excluding carboxylic acids is 2. The summed E-state index contributed by atoms with van der Waals surface area (Å²) in [6.45, 7) is 6.66. The third-order valence-corrected chi connectivity index (χ3v) is 3.68. The van der Waals surface area contributed by atoms with E-state index in [0.29, 0.717) is 12.1 Å². The van der Waals surface area contributed by atoms with E-state index < -0.39 is 11.9 Å². The van der Waals surface area contributed by atoms with Crippen molar-refractivity contribution in [2.24, 2.45) is 0 Å². The molecule has 0 aromatic heterocycles. The van der Waals surface area contributed by atoms with Crippen LogP contribution in [0, 0.1) is 6.92 Å². The number of hydrogen-bond donors (Lipinski definition) is 0. The van der Waals surface area contributed by atoms with Crippen LogP contribution in [0.25, 0.3) is 0 Å². The number of hydrogen-bond acceptors (Lipinski definition) is 5. The van der Waals surface area contributed by atoms with Gasteiger partial charge in [0.05, 0.1) is 13.2 Å². The van der Waals surface area contributed by atoms with Gasteiger partial charge < -0.3 is 14.4 Å². The molecule has 1 aliphatic heterocycles. The second-order valence-corrected chi connectivity index (χ2v) is 5.36. The molecule has 1 aliphatic rings. The van der Waals surface area contributed by atoms with Crippen LogP contribution in [-0.2, 0) is 19.1 Å². The number of rotatable bonds is 5. The molecule has 0 amide bonds. The van der Waals surface area contributed by atoms with E-state index in [4.69, 9.17) is 9.47 Å². The summed E-state index contributed by atoms with van der Waals surface area (Å²) in [6.07, 6.45) is 1.53. The zero-order valence-electron chi connectivity index (χ0n) is 13.9. The number of anilines is 1. The SMILES string of the molecule is CCOC(=O)C(C(=O)OCC)=C1CCCN1c1cccc(C)c1. The van der Waals surface area contributed by atoms with Gasteiger partial charge in [-0.25, -0.2) is 9.59 Å². The summed E-state index contributed by atoms with van der Waals surface area (Å²) in [7, 11) is 0. The number of allylic oxidation sites excluding steroid dienone is 1. The topological polar surface area (TPSA) is 55.8 Å². The summed E-state index contributed by atoms with van der Waals surface area (Å²) in [6, 6.07) is 8.00. The molecule has 1 fully saturated rings. The molecule has 0 radical (unpaired) electrons. The van der Waals surface area contributed by atoms with Gasteiger partial charge in [-0.05, 0) is 51.3 Å². The molecule has 5 nitrogen and oxygen atoms in total. The third-order valence-electron chi connectivity index (χ3n) is 3.68. The molecule has 0 spiro atoms. The summed E-state index contributed by atoms with van der Waals surface area (Å²) in [4.78, 5) is 26.6. The number of nitrogens with zero attached hydrogens (tertiary/aromatic N) is 1. The molecule has 0 saturated carbocycles. The van der Waals surface area contributed by atoms with Crippen LogP contribution in [0.5, 0.6) is 0 Å². The van der Waals surface area contributed by atoms with Crippen LogP contribution in [0.2, 0.25) is 0 Å². The predicted molar refractivity (Wildman–Crippen MR) is 88.1 cm³/mol. The van der Waals surface area contributed by atoms with Crippen LogP contribution in [0.3, 0.4) is 0 Å². The van der Waals surface area contributed by atoms with Crippen molar-refractivity contribution in [3.8, 4) is 0 Å². The second kappa shape index (κ2) is 7.81. The smallest absolute Gasteiger partial charge is 0.347 e. The van der Waals surface area contributed by atoms with E-state index >= 15 is 0 Å². The average Bonchev–Trinajstić information content (AvgIpc) is 2.97. The Morgan fingerprint density at radius 3 is 2.35 bits per heavy atom. The minimum Gasteiger partial charge on any atom is -0.462 e. The Bertz CT molecular complexity index is 601. The van der Waals surface area contributed by atoms with Gasteiger partial charge in [0.1, 0.15) is 0 Å². The fourth-order valence-electron chi connectivity index (χ4n) is 2.74.